The Bertz CT molecular complexity index is 372. The van der Waals surface area contributed by atoms with Crippen LogP contribution in [-0.4, -0.2) is 27.1 Å². The fraction of sp³-hybridized carbons (Fsp3) is 0.882. The SMILES string of the molecule is CC1CCC(C2COC(C)(C#C[Si](C)(C)C)OC2)CC1. The lowest BCUT2D eigenvalue weighted by molar-refractivity contribution is -0.245. The molecule has 0 spiro atoms. The Hall–Kier alpha value is -0.303. The predicted molar refractivity (Wildman–Crippen MR) is 86.0 cm³/mol. The van der Waals surface area contributed by atoms with Crippen LogP contribution in [0, 0.1) is 29.2 Å². The molecule has 0 aromatic carbocycles. The van der Waals surface area contributed by atoms with Crippen LogP contribution in [0.3, 0.4) is 0 Å². The summed E-state index contributed by atoms with van der Waals surface area (Å²) in [6.07, 6.45) is 5.42. The van der Waals surface area contributed by atoms with Crippen molar-refractivity contribution in [2.45, 2.75) is 65.0 Å². The zero-order valence-electron chi connectivity index (χ0n) is 13.8. The van der Waals surface area contributed by atoms with Gasteiger partial charge >= 0.3 is 0 Å². The number of hydrogen-bond donors (Lipinski definition) is 0. The van der Waals surface area contributed by atoms with Gasteiger partial charge in [0.25, 0.3) is 0 Å². The largest absolute Gasteiger partial charge is 0.340 e. The van der Waals surface area contributed by atoms with Crippen LogP contribution < -0.4 is 0 Å². The van der Waals surface area contributed by atoms with Crippen LogP contribution in [0.4, 0.5) is 0 Å². The van der Waals surface area contributed by atoms with Gasteiger partial charge in [-0.1, -0.05) is 39.4 Å². The number of hydrogen-bond acceptors (Lipinski definition) is 2. The van der Waals surface area contributed by atoms with Crippen LogP contribution in [0.15, 0.2) is 0 Å². The molecule has 0 aromatic rings. The molecule has 0 atom stereocenters. The van der Waals surface area contributed by atoms with Crippen molar-refractivity contribution in [1.29, 1.82) is 0 Å². The van der Waals surface area contributed by atoms with Gasteiger partial charge in [-0.05, 0) is 30.6 Å². The van der Waals surface area contributed by atoms with Crippen molar-refractivity contribution in [3.63, 3.8) is 0 Å². The number of rotatable bonds is 1. The molecule has 1 heterocycles. The molecular formula is C17H30O2Si. The molecule has 114 valence electrons. The topological polar surface area (TPSA) is 18.5 Å². The van der Waals surface area contributed by atoms with E-state index in [1.54, 1.807) is 0 Å². The average molecular weight is 295 g/mol. The molecule has 2 aliphatic rings. The smallest absolute Gasteiger partial charge is 0.230 e. The minimum Gasteiger partial charge on any atom is -0.340 e. The first-order chi connectivity index (χ1) is 9.27. The third-order valence-corrected chi connectivity index (χ3v) is 5.41. The summed E-state index contributed by atoms with van der Waals surface area (Å²) in [4.78, 5) is 0. The molecule has 2 nitrogen and oxygen atoms in total. The highest BCUT2D eigenvalue weighted by molar-refractivity contribution is 6.83. The Morgan fingerprint density at radius 1 is 0.950 bits per heavy atom. The van der Waals surface area contributed by atoms with Crippen molar-refractivity contribution < 1.29 is 9.47 Å². The lowest BCUT2D eigenvalue weighted by Gasteiger charge is -2.39. The number of ether oxygens (including phenoxy) is 2. The normalized spacial score (nSPS) is 39.0. The Labute approximate surface area is 125 Å². The van der Waals surface area contributed by atoms with Crippen molar-refractivity contribution >= 4 is 8.07 Å². The van der Waals surface area contributed by atoms with Gasteiger partial charge < -0.3 is 9.47 Å². The fourth-order valence-corrected chi connectivity index (χ4v) is 3.63. The summed E-state index contributed by atoms with van der Waals surface area (Å²) < 4.78 is 12.0. The molecule has 3 heteroatoms. The molecular weight excluding hydrogens is 264 g/mol. The standard InChI is InChI=1S/C17H30O2Si/c1-14-6-8-15(9-7-14)16-12-18-17(2,19-13-16)10-11-20(3,4)5/h14-16H,6-9,12-13H2,1-5H3. The van der Waals surface area contributed by atoms with E-state index in [0.717, 1.165) is 25.0 Å². The van der Waals surface area contributed by atoms with Crippen molar-refractivity contribution in [2.24, 2.45) is 17.8 Å². The monoisotopic (exact) mass is 294 g/mol. The summed E-state index contributed by atoms with van der Waals surface area (Å²) in [5, 5.41) is 0. The van der Waals surface area contributed by atoms with Crippen LogP contribution in [0.25, 0.3) is 0 Å². The maximum atomic E-state index is 5.98. The highest BCUT2D eigenvalue weighted by atomic mass is 28.3. The zero-order valence-corrected chi connectivity index (χ0v) is 14.8. The maximum Gasteiger partial charge on any atom is 0.230 e. The van der Waals surface area contributed by atoms with Crippen LogP contribution in [0.5, 0.6) is 0 Å². The van der Waals surface area contributed by atoms with Gasteiger partial charge in [0.15, 0.2) is 0 Å². The summed E-state index contributed by atoms with van der Waals surface area (Å²) >= 11 is 0. The minimum atomic E-state index is -1.37. The summed E-state index contributed by atoms with van der Waals surface area (Å²) in [5.74, 6) is 4.84. The summed E-state index contributed by atoms with van der Waals surface area (Å²) in [7, 11) is -1.37. The second kappa shape index (κ2) is 6.21. The van der Waals surface area contributed by atoms with Gasteiger partial charge in [0, 0.05) is 12.8 Å². The third kappa shape index (κ3) is 4.61. The molecule has 2 fully saturated rings. The Morgan fingerprint density at radius 3 is 2.00 bits per heavy atom. The first kappa shape index (κ1) is 16.1. The highest BCUT2D eigenvalue weighted by Gasteiger charge is 2.36. The molecule has 1 saturated carbocycles. The molecule has 0 N–H and O–H groups in total. The zero-order chi connectivity index (χ0) is 14.8. The van der Waals surface area contributed by atoms with Crippen molar-refractivity contribution in [3.8, 4) is 11.5 Å². The highest BCUT2D eigenvalue weighted by Crippen LogP contribution is 2.36. The van der Waals surface area contributed by atoms with Crippen molar-refractivity contribution in [1.82, 2.24) is 0 Å². The van der Waals surface area contributed by atoms with E-state index in [-0.39, 0.29) is 0 Å². The summed E-state index contributed by atoms with van der Waals surface area (Å²) in [6.45, 7) is 12.7. The van der Waals surface area contributed by atoms with Gasteiger partial charge in [-0.15, -0.1) is 5.54 Å². The molecule has 0 amide bonds. The van der Waals surface area contributed by atoms with Gasteiger partial charge in [-0.3, -0.25) is 0 Å². The van der Waals surface area contributed by atoms with Gasteiger partial charge in [-0.2, -0.15) is 0 Å². The summed E-state index contributed by atoms with van der Waals surface area (Å²) in [6, 6.07) is 0. The molecule has 1 aliphatic carbocycles. The van der Waals surface area contributed by atoms with E-state index in [1.165, 1.54) is 25.7 Å². The van der Waals surface area contributed by atoms with Crippen molar-refractivity contribution in [3.05, 3.63) is 0 Å². The Kier molecular flexibility index (Phi) is 4.99. The predicted octanol–water partition coefficient (Wildman–Crippen LogP) is 4.07. The van der Waals surface area contributed by atoms with Gasteiger partial charge in [0.2, 0.25) is 5.79 Å². The molecule has 2 rings (SSSR count). The van der Waals surface area contributed by atoms with Crippen LogP contribution in [0.2, 0.25) is 19.6 Å². The Balaban J connectivity index is 1.86. The third-order valence-electron chi connectivity index (χ3n) is 4.54. The van der Waals surface area contributed by atoms with Crippen LogP contribution >= 0.6 is 0 Å². The first-order valence-electron chi connectivity index (χ1n) is 8.10. The van der Waals surface area contributed by atoms with E-state index >= 15 is 0 Å². The average Bonchev–Trinajstić information content (AvgIpc) is 2.38. The van der Waals surface area contributed by atoms with E-state index in [1.807, 2.05) is 6.92 Å². The molecule has 20 heavy (non-hydrogen) atoms. The summed E-state index contributed by atoms with van der Waals surface area (Å²) in [5.41, 5.74) is 3.37. The molecule has 1 aliphatic heterocycles. The van der Waals surface area contributed by atoms with E-state index < -0.39 is 13.9 Å². The Morgan fingerprint density at radius 2 is 1.50 bits per heavy atom. The van der Waals surface area contributed by atoms with E-state index in [2.05, 4.69) is 38.0 Å². The second-order valence-corrected chi connectivity index (χ2v) is 12.6. The van der Waals surface area contributed by atoms with Crippen LogP contribution in [-0.2, 0) is 9.47 Å². The van der Waals surface area contributed by atoms with Gasteiger partial charge in [-0.25, -0.2) is 0 Å². The second-order valence-electron chi connectivity index (χ2n) is 7.85. The van der Waals surface area contributed by atoms with Crippen molar-refractivity contribution in [2.75, 3.05) is 13.2 Å². The first-order valence-corrected chi connectivity index (χ1v) is 11.6. The molecule has 0 aromatic heterocycles. The maximum absolute atomic E-state index is 5.98. The van der Waals surface area contributed by atoms with Crippen LogP contribution in [0.1, 0.15) is 39.5 Å². The molecule has 0 bridgehead atoms. The lowest BCUT2D eigenvalue weighted by Crippen LogP contribution is -2.44. The minimum absolute atomic E-state index is 0.573. The van der Waals surface area contributed by atoms with E-state index in [4.69, 9.17) is 9.47 Å². The molecule has 1 saturated heterocycles. The molecule has 0 unspecified atom stereocenters. The quantitative estimate of drug-likeness (QED) is 0.536. The lowest BCUT2D eigenvalue weighted by atomic mass is 9.76. The van der Waals surface area contributed by atoms with Gasteiger partial charge in [0.05, 0.1) is 13.2 Å². The van der Waals surface area contributed by atoms with E-state index in [0.29, 0.717) is 5.92 Å². The van der Waals surface area contributed by atoms with Gasteiger partial charge in [0.1, 0.15) is 8.07 Å². The molecule has 0 radical (unpaired) electrons. The fourth-order valence-electron chi connectivity index (χ4n) is 3.02. The van der Waals surface area contributed by atoms with E-state index in [9.17, 15) is 0 Å².